The summed E-state index contributed by atoms with van der Waals surface area (Å²) in [6.07, 6.45) is 0.785. The van der Waals surface area contributed by atoms with Crippen LogP contribution < -0.4 is 10.6 Å². The first-order chi connectivity index (χ1) is 20.2. The van der Waals surface area contributed by atoms with Crippen LogP contribution in [0.5, 0.6) is 0 Å². The summed E-state index contributed by atoms with van der Waals surface area (Å²) in [6, 6.07) is 4.82. The molecular formula is C32H41FN4O5S. The van der Waals surface area contributed by atoms with E-state index in [4.69, 9.17) is 0 Å². The third kappa shape index (κ3) is 8.90. The average Bonchev–Trinajstić information content (AvgIpc) is 3.55. The van der Waals surface area contributed by atoms with E-state index in [1.807, 2.05) is 31.2 Å². The molecule has 1 aliphatic rings. The fourth-order valence-electron chi connectivity index (χ4n) is 4.96. The van der Waals surface area contributed by atoms with Gasteiger partial charge in [0.2, 0.25) is 17.7 Å². The van der Waals surface area contributed by atoms with Gasteiger partial charge in [0.25, 0.3) is 0 Å². The summed E-state index contributed by atoms with van der Waals surface area (Å²) in [4.78, 5) is 59.4. The van der Waals surface area contributed by atoms with E-state index < -0.39 is 47.4 Å². The first-order valence-electron chi connectivity index (χ1n) is 14.3. The van der Waals surface area contributed by atoms with Crippen LogP contribution in [0.25, 0.3) is 10.4 Å². The summed E-state index contributed by atoms with van der Waals surface area (Å²) >= 11 is 1.52. The number of carbonyl (C=O) groups is 4. The van der Waals surface area contributed by atoms with Crippen molar-refractivity contribution in [1.82, 2.24) is 20.5 Å². The number of thiazole rings is 1. The highest BCUT2D eigenvalue weighted by molar-refractivity contribution is 7.13. The van der Waals surface area contributed by atoms with Crippen LogP contribution in [0, 0.1) is 12.3 Å². The van der Waals surface area contributed by atoms with Crippen molar-refractivity contribution in [2.75, 3.05) is 6.54 Å². The minimum Gasteiger partial charge on any atom is -0.391 e. The number of β-amino-alcohol motifs (C(OH)–C–C–N with tert-alkyl or cyclic N) is 1. The van der Waals surface area contributed by atoms with E-state index >= 15 is 0 Å². The standard InChI is InChI=1S/C32H41FN4O5S/c1-19(2)26(39)16-24(21-10-12-22(13-11-21)28-20(3)34-18-43-28)35-30(41)25-15-23(38)17-37(25)31(42)29(32(4,5)6)36-27(40)9-7-8-14-33/h8,10-14,18,23-25,29,38H,1,7,9,15-17H2,2-6H3,(H,35,41)(H,36,40)/b14-8+/t23-,24+,25+,29+/m1/s1. The predicted molar refractivity (Wildman–Crippen MR) is 165 cm³/mol. The van der Waals surface area contributed by atoms with E-state index in [9.17, 15) is 28.7 Å². The minimum atomic E-state index is -1.01. The van der Waals surface area contributed by atoms with Gasteiger partial charge in [-0.3, -0.25) is 19.2 Å². The first kappa shape index (κ1) is 33.8. The Bertz CT molecular complexity index is 1360. The molecule has 1 fully saturated rings. The fraction of sp³-hybridized carbons (Fsp3) is 0.469. The number of hydrogen-bond donors (Lipinski definition) is 3. The maximum Gasteiger partial charge on any atom is 0.246 e. The molecule has 3 rings (SSSR count). The highest BCUT2D eigenvalue weighted by atomic mass is 32.1. The van der Waals surface area contributed by atoms with E-state index in [0.29, 0.717) is 17.5 Å². The first-order valence-corrected chi connectivity index (χ1v) is 15.1. The number of Topliss-reactive ketones (excluding diaryl/α,β-unsaturated/α-hetero) is 1. The zero-order chi connectivity index (χ0) is 31.9. The number of nitrogens with one attached hydrogen (secondary N) is 2. The molecule has 0 bridgehead atoms. The van der Waals surface area contributed by atoms with Gasteiger partial charge in [0.15, 0.2) is 5.78 Å². The zero-order valence-electron chi connectivity index (χ0n) is 25.4. The van der Waals surface area contributed by atoms with E-state index in [0.717, 1.165) is 16.1 Å². The number of hydrogen-bond acceptors (Lipinski definition) is 7. The third-order valence-corrected chi connectivity index (χ3v) is 8.39. The summed E-state index contributed by atoms with van der Waals surface area (Å²) in [5, 5.41) is 16.2. The molecule has 0 saturated carbocycles. The lowest BCUT2D eigenvalue weighted by molar-refractivity contribution is -0.144. The van der Waals surface area contributed by atoms with E-state index in [1.165, 1.54) is 22.3 Å². The minimum absolute atomic E-state index is 0.00734. The Morgan fingerprint density at radius 1 is 1.21 bits per heavy atom. The highest BCUT2D eigenvalue weighted by Gasteiger charge is 2.44. The third-order valence-electron chi connectivity index (χ3n) is 7.41. The van der Waals surface area contributed by atoms with E-state index in [2.05, 4.69) is 22.2 Å². The molecule has 4 atom stereocenters. The Labute approximate surface area is 256 Å². The van der Waals surface area contributed by atoms with Gasteiger partial charge in [0, 0.05) is 25.8 Å². The number of aromatic nitrogens is 1. The molecule has 3 amide bonds. The number of rotatable bonds is 12. The van der Waals surface area contributed by atoms with Crippen LogP contribution in [0.2, 0.25) is 0 Å². The van der Waals surface area contributed by atoms with Gasteiger partial charge in [-0.2, -0.15) is 0 Å². The maximum absolute atomic E-state index is 13.8. The van der Waals surface area contributed by atoms with E-state index in [-0.39, 0.29) is 38.0 Å². The number of allylic oxidation sites excluding steroid dienone is 2. The van der Waals surface area contributed by atoms with Gasteiger partial charge in [-0.05, 0) is 42.4 Å². The second-order valence-corrected chi connectivity index (χ2v) is 12.9. The largest absolute Gasteiger partial charge is 0.391 e. The number of halogens is 1. The van der Waals surface area contributed by atoms with Gasteiger partial charge in [-0.1, -0.05) is 57.7 Å². The van der Waals surface area contributed by atoms with Crippen LogP contribution in [-0.2, 0) is 19.2 Å². The molecule has 1 saturated heterocycles. The number of ketones is 1. The highest BCUT2D eigenvalue weighted by Crippen LogP contribution is 2.30. The van der Waals surface area contributed by atoms with Gasteiger partial charge < -0.3 is 20.6 Å². The van der Waals surface area contributed by atoms with Crippen LogP contribution in [0.4, 0.5) is 4.39 Å². The molecule has 232 valence electrons. The van der Waals surface area contributed by atoms with Gasteiger partial charge >= 0.3 is 0 Å². The Kier molecular flexibility index (Phi) is 11.5. The molecule has 3 N–H and O–H groups in total. The molecular weight excluding hydrogens is 571 g/mol. The number of likely N-dealkylation sites (tertiary alicyclic amines) is 1. The van der Waals surface area contributed by atoms with Crippen molar-refractivity contribution < 1.29 is 28.7 Å². The number of benzene rings is 1. The number of aliphatic hydroxyl groups excluding tert-OH is 1. The van der Waals surface area contributed by atoms with Crippen molar-refractivity contribution in [3.63, 3.8) is 0 Å². The van der Waals surface area contributed by atoms with Crippen LogP contribution in [0.3, 0.4) is 0 Å². The number of nitrogens with zero attached hydrogens (tertiary/aromatic N) is 2. The second kappa shape index (κ2) is 14.7. The number of aryl methyl sites for hydroxylation is 1. The normalized spacial score (nSPS) is 18.3. The smallest absolute Gasteiger partial charge is 0.246 e. The lowest BCUT2D eigenvalue weighted by Crippen LogP contribution is -2.58. The van der Waals surface area contributed by atoms with Crippen molar-refractivity contribution in [2.24, 2.45) is 5.41 Å². The lowest BCUT2D eigenvalue weighted by Gasteiger charge is -2.35. The number of aliphatic hydroxyl groups is 1. The van der Waals surface area contributed by atoms with Crippen molar-refractivity contribution in [2.45, 2.75) is 84.5 Å². The van der Waals surface area contributed by atoms with Gasteiger partial charge in [0.1, 0.15) is 12.1 Å². The number of carbonyl (C=O) groups excluding carboxylic acids is 4. The van der Waals surface area contributed by atoms with Crippen LogP contribution in [0.15, 0.2) is 54.3 Å². The Balaban J connectivity index is 1.84. The second-order valence-electron chi connectivity index (χ2n) is 12.0. The summed E-state index contributed by atoms with van der Waals surface area (Å²) in [6.45, 7) is 12.6. The molecule has 2 heterocycles. The van der Waals surface area contributed by atoms with Crippen LogP contribution in [0.1, 0.15) is 70.7 Å². The molecule has 1 aromatic carbocycles. The Hall–Kier alpha value is -3.70. The lowest BCUT2D eigenvalue weighted by atomic mass is 9.85. The van der Waals surface area contributed by atoms with Crippen molar-refractivity contribution in [3.05, 3.63) is 65.6 Å². The molecule has 0 unspecified atom stereocenters. The maximum atomic E-state index is 13.8. The van der Waals surface area contributed by atoms with Crippen molar-refractivity contribution in [1.29, 1.82) is 0 Å². The van der Waals surface area contributed by atoms with E-state index in [1.54, 1.807) is 33.2 Å². The predicted octanol–water partition coefficient (Wildman–Crippen LogP) is 4.57. The van der Waals surface area contributed by atoms with Gasteiger partial charge in [-0.25, -0.2) is 9.37 Å². The summed E-state index contributed by atoms with van der Waals surface area (Å²) < 4.78 is 12.3. The molecule has 11 heteroatoms. The summed E-state index contributed by atoms with van der Waals surface area (Å²) in [7, 11) is 0. The molecule has 2 aromatic rings. The topological polar surface area (TPSA) is 129 Å². The van der Waals surface area contributed by atoms with Crippen molar-refractivity contribution in [3.8, 4) is 10.4 Å². The molecule has 0 radical (unpaired) electrons. The zero-order valence-corrected chi connectivity index (χ0v) is 26.2. The summed E-state index contributed by atoms with van der Waals surface area (Å²) in [5.74, 6) is -1.66. The molecule has 9 nitrogen and oxygen atoms in total. The molecule has 1 aliphatic heterocycles. The average molecular weight is 613 g/mol. The Morgan fingerprint density at radius 3 is 2.44 bits per heavy atom. The molecule has 1 aromatic heterocycles. The summed E-state index contributed by atoms with van der Waals surface area (Å²) in [5.41, 5.74) is 3.99. The van der Waals surface area contributed by atoms with Gasteiger partial charge in [-0.15, -0.1) is 11.3 Å². The van der Waals surface area contributed by atoms with Crippen molar-refractivity contribution >= 4 is 34.8 Å². The molecule has 43 heavy (non-hydrogen) atoms. The Morgan fingerprint density at radius 2 is 1.88 bits per heavy atom. The van der Waals surface area contributed by atoms with Gasteiger partial charge in [0.05, 0.1) is 34.6 Å². The van der Waals surface area contributed by atoms with Crippen LogP contribution >= 0.6 is 11.3 Å². The quantitative estimate of drug-likeness (QED) is 0.302. The van der Waals surface area contributed by atoms with Crippen LogP contribution in [-0.4, -0.2) is 63.2 Å². The molecule has 0 aliphatic carbocycles. The SMILES string of the molecule is C=C(C)C(=O)C[C@H](NC(=O)[C@@H]1C[C@@H](O)CN1C(=O)[C@H](NC(=O)CC/C=C/F)C(C)(C)C)c1ccc(-c2scnc2C)cc1. The molecule has 0 spiro atoms. The fourth-order valence-corrected chi connectivity index (χ4v) is 5.77. The monoisotopic (exact) mass is 612 g/mol. The number of amides is 3.